The van der Waals surface area contributed by atoms with Crippen LogP contribution in [0.4, 0.5) is 29.2 Å². The van der Waals surface area contributed by atoms with Crippen molar-refractivity contribution in [2.75, 3.05) is 16.1 Å². The Morgan fingerprint density at radius 1 is 0.622 bits per heavy atom. The summed E-state index contributed by atoms with van der Waals surface area (Å²) in [6.45, 7) is 0. The lowest BCUT2D eigenvalue weighted by molar-refractivity contribution is 1.04. The lowest BCUT2D eigenvalue weighted by Gasteiger charge is -2.10. The average molecular weight is 524 g/mol. The Morgan fingerprint density at radius 2 is 1.16 bits per heavy atom. The summed E-state index contributed by atoms with van der Waals surface area (Å²) in [5.74, 6) is 1.07. The van der Waals surface area contributed by atoms with Crippen LogP contribution in [0.15, 0.2) is 124 Å². The maximum Gasteiger partial charge on any atom is 0.250 e. The molecule has 0 spiro atoms. The highest BCUT2D eigenvalue weighted by Crippen LogP contribution is 2.30. The fourth-order valence-electron chi connectivity index (χ4n) is 3.31. The van der Waals surface area contributed by atoms with Crippen LogP contribution in [0.1, 0.15) is 5.56 Å². The molecule has 9 heteroatoms. The standard InChI is InChI=1S/C28H22ClN7S/c29-21-15-17-24(18-16-21)37-25-14-8-7-9-20(25)19-30-36-28-34-26(31-22-10-3-1-4-11-22)33-27(35-28)32-23-12-5-2-6-13-23/h1-19H,(H3,31,32,33,34,35,36)/b30-19-. The minimum absolute atomic E-state index is 0.297. The van der Waals surface area contributed by atoms with E-state index < -0.39 is 0 Å². The zero-order chi connectivity index (χ0) is 25.3. The van der Waals surface area contributed by atoms with Crippen LogP contribution < -0.4 is 16.1 Å². The molecule has 3 N–H and O–H groups in total. The van der Waals surface area contributed by atoms with Gasteiger partial charge in [-0.15, -0.1) is 0 Å². The summed E-state index contributed by atoms with van der Waals surface area (Å²) >= 11 is 7.66. The van der Waals surface area contributed by atoms with Gasteiger partial charge in [0, 0.05) is 31.8 Å². The number of para-hydroxylation sites is 2. The van der Waals surface area contributed by atoms with Gasteiger partial charge in [0.15, 0.2) is 0 Å². The maximum atomic E-state index is 6.02. The quantitative estimate of drug-likeness (QED) is 0.135. The molecule has 0 bridgehead atoms. The van der Waals surface area contributed by atoms with E-state index in [1.54, 1.807) is 18.0 Å². The molecule has 1 aromatic heterocycles. The third-order valence-electron chi connectivity index (χ3n) is 5.02. The predicted octanol–water partition coefficient (Wildman–Crippen LogP) is 7.61. The van der Waals surface area contributed by atoms with Crippen LogP contribution in [-0.2, 0) is 0 Å². The molecule has 0 saturated heterocycles. The van der Waals surface area contributed by atoms with Crippen molar-refractivity contribution in [2.45, 2.75) is 9.79 Å². The predicted molar refractivity (Wildman–Crippen MR) is 153 cm³/mol. The molecule has 0 atom stereocenters. The van der Waals surface area contributed by atoms with E-state index in [1.807, 2.05) is 109 Å². The fourth-order valence-corrected chi connectivity index (χ4v) is 4.35. The Hall–Kier alpha value is -4.40. The van der Waals surface area contributed by atoms with E-state index in [0.717, 1.165) is 26.7 Å². The Balaban J connectivity index is 1.36. The molecule has 0 aliphatic heterocycles. The van der Waals surface area contributed by atoms with E-state index in [-0.39, 0.29) is 0 Å². The van der Waals surface area contributed by atoms with Crippen molar-refractivity contribution >= 4 is 58.8 Å². The number of hydrogen-bond donors (Lipinski definition) is 3. The molecule has 0 saturated carbocycles. The zero-order valence-electron chi connectivity index (χ0n) is 19.5. The number of halogens is 1. The van der Waals surface area contributed by atoms with Crippen molar-refractivity contribution in [1.82, 2.24) is 15.0 Å². The minimum Gasteiger partial charge on any atom is -0.324 e. The van der Waals surface area contributed by atoms with Crippen LogP contribution in [0.25, 0.3) is 0 Å². The molecule has 0 unspecified atom stereocenters. The number of hydrogen-bond acceptors (Lipinski definition) is 8. The topological polar surface area (TPSA) is 87.1 Å². The molecule has 1 heterocycles. The molecule has 0 aliphatic rings. The largest absolute Gasteiger partial charge is 0.324 e. The molecule has 0 amide bonds. The number of anilines is 5. The van der Waals surface area contributed by atoms with E-state index >= 15 is 0 Å². The third-order valence-corrected chi connectivity index (χ3v) is 6.38. The van der Waals surface area contributed by atoms with Crippen molar-refractivity contribution in [2.24, 2.45) is 5.10 Å². The van der Waals surface area contributed by atoms with Crippen LogP contribution in [0.5, 0.6) is 0 Å². The van der Waals surface area contributed by atoms with Crippen LogP contribution in [-0.4, -0.2) is 21.2 Å². The first-order valence-corrected chi connectivity index (χ1v) is 12.6. The molecular formula is C28H22ClN7S. The van der Waals surface area contributed by atoms with Gasteiger partial charge in [0.25, 0.3) is 0 Å². The minimum atomic E-state index is 0.297. The van der Waals surface area contributed by atoms with Gasteiger partial charge in [0.2, 0.25) is 17.8 Å². The summed E-state index contributed by atoms with van der Waals surface area (Å²) in [6, 6.07) is 35.2. The number of aromatic nitrogens is 3. The van der Waals surface area contributed by atoms with Crippen molar-refractivity contribution in [3.63, 3.8) is 0 Å². The maximum absolute atomic E-state index is 6.02. The van der Waals surface area contributed by atoms with E-state index in [9.17, 15) is 0 Å². The molecule has 7 nitrogen and oxygen atoms in total. The molecule has 37 heavy (non-hydrogen) atoms. The summed E-state index contributed by atoms with van der Waals surface area (Å²) in [6.07, 6.45) is 1.75. The first kappa shape index (κ1) is 24.3. The molecule has 182 valence electrons. The molecule has 0 fully saturated rings. The van der Waals surface area contributed by atoms with Crippen molar-refractivity contribution in [3.8, 4) is 0 Å². The van der Waals surface area contributed by atoms with Gasteiger partial charge in [-0.1, -0.05) is 78.0 Å². The summed E-state index contributed by atoms with van der Waals surface area (Å²) in [5, 5.41) is 11.5. The third kappa shape index (κ3) is 7.07. The highest BCUT2D eigenvalue weighted by atomic mass is 35.5. The molecule has 5 rings (SSSR count). The Morgan fingerprint density at radius 3 is 1.78 bits per heavy atom. The number of nitrogens with zero attached hydrogens (tertiary/aromatic N) is 4. The molecule has 5 aromatic rings. The second kappa shape index (κ2) is 12.0. The summed E-state index contributed by atoms with van der Waals surface area (Å²) in [5.41, 5.74) is 5.62. The first-order chi connectivity index (χ1) is 18.2. The summed E-state index contributed by atoms with van der Waals surface area (Å²) in [7, 11) is 0. The Bertz CT molecular complexity index is 1420. The Kier molecular flexibility index (Phi) is 7.90. The molecule has 0 aliphatic carbocycles. The molecule has 0 radical (unpaired) electrons. The lowest BCUT2D eigenvalue weighted by atomic mass is 10.2. The average Bonchev–Trinajstić information content (AvgIpc) is 2.92. The van der Waals surface area contributed by atoms with Crippen molar-refractivity contribution < 1.29 is 0 Å². The smallest absolute Gasteiger partial charge is 0.250 e. The van der Waals surface area contributed by atoms with Gasteiger partial charge in [-0.2, -0.15) is 20.1 Å². The van der Waals surface area contributed by atoms with E-state index in [0.29, 0.717) is 22.9 Å². The second-order valence-corrected chi connectivity index (χ2v) is 9.30. The number of hydrazone groups is 1. The van der Waals surface area contributed by atoms with Crippen LogP contribution in [0, 0.1) is 0 Å². The van der Waals surface area contributed by atoms with E-state index in [1.165, 1.54) is 0 Å². The second-order valence-electron chi connectivity index (χ2n) is 7.75. The van der Waals surface area contributed by atoms with E-state index in [4.69, 9.17) is 11.6 Å². The van der Waals surface area contributed by atoms with Crippen LogP contribution in [0.3, 0.4) is 0 Å². The van der Waals surface area contributed by atoms with Gasteiger partial charge in [0.05, 0.1) is 6.21 Å². The summed E-state index contributed by atoms with van der Waals surface area (Å²) in [4.78, 5) is 15.6. The summed E-state index contributed by atoms with van der Waals surface area (Å²) < 4.78 is 0. The number of benzene rings is 4. The van der Waals surface area contributed by atoms with Gasteiger partial charge >= 0.3 is 0 Å². The van der Waals surface area contributed by atoms with Crippen molar-refractivity contribution in [1.29, 1.82) is 0 Å². The zero-order valence-corrected chi connectivity index (χ0v) is 21.1. The first-order valence-electron chi connectivity index (χ1n) is 11.4. The van der Waals surface area contributed by atoms with E-state index in [2.05, 4.69) is 36.1 Å². The highest BCUT2D eigenvalue weighted by molar-refractivity contribution is 7.99. The monoisotopic (exact) mass is 523 g/mol. The van der Waals surface area contributed by atoms with Gasteiger partial charge < -0.3 is 10.6 Å². The van der Waals surface area contributed by atoms with Gasteiger partial charge in [-0.05, 0) is 54.6 Å². The van der Waals surface area contributed by atoms with Crippen molar-refractivity contribution in [3.05, 3.63) is 120 Å². The number of nitrogens with one attached hydrogen (secondary N) is 3. The highest BCUT2D eigenvalue weighted by Gasteiger charge is 2.08. The van der Waals surface area contributed by atoms with Crippen LogP contribution >= 0.6 is 23.4 Å². The molecular weight excluding hydrogens is 502 g/mol. The Labute approximate surface area is 224 Å². The normalized spacial score (nSPS) is 10.8. The van der Waals surface area contributed by atoms with Gasteiger partial charge in [-0.25, -0.2) is 5.43 Å². The number of rotatable bonds is 9. The fraction of sp³-hybridized carbons (Fsp3) is 0. The van der Waals surface area contributed by atoms with Crippen LogP contribution in [0.2, 0.25) is 5.02 Å². The SMILES string of the molecule is Clc1ccc(Sc2ccccc2/C=N\Nc2nc(Nc3ccccc3)nc(Nc3ccccc3)n2)cc1. The lowest BCUT2D eigenvalue weighted by Crippen LogP contribution is -2.07. The van der Waals surface area contributed by atoms with Gasteiger partial charge in [0.1, 0.15) is 0 Å². The molecule has 4 aromatic carbocycles. The van der Waals surface area contributed by atoms with Gasteiger partial charge in [-0.3, -0.25) is 0 Å².